The SMILES string of the molecule is C[C@]12C=CC(=O)C=C1[C@@H](F)C[C@H]1[C@@H]3C[C@H]4CN(c5ccc(Cl)cc5)O[C@@]4(C(=O)COC(=O)C4CSCN4)[C@@]3(C)C[C@H](O)[C@@]12F. The highest BCUT2D eigenvalue weighted by Crippen LogP contribution is 2.72. The van der Waals surface area contributed by atoms with Crippen LogP contribution in [-0.2, 0) is 24.0 Å². The highest BCUT2D eigenvalue weighted by atomic mass is 35.5. The maximum Gasteiger partial charge on any atom is 0.324 e. The number of anilines is 1. The number of alkyl halides is 2. The molecule has 0 bridgehead atoms. The summed E-state index contributed by atoms with van der Waals surface area (Å²) in [6, 6.07) is 6.44. The van der Waals surface area contributed by atoms with Gasteiger partial charge in [-0.2, -0.15) is 0 Å². The van der Waals surface area contributed by atoms with Crippen LogP contribution in [-0.4, -0.2) is 77.0 Å². The maximum absolute atomic E-state index is 17.7. The molecule has 2 heterocycles. The van der Waals surface area contributed by atoms with E-state index in [1.807, 2.05) is 6.92 Å². The molecule has 2 aliphatic heterocycles. The standard InChI is InChI=1S/C32H35ClF2N2O6S/c1-29-8-7-20(38)10-23(29)24(34)11-22-21-9-17-13-37(19-5-3-18(33)4-6-19)43-32(17,30(21,2)12-26(39)31(22,29)35)27(40)14-42-28(41)25-15-44-16-36-25/h3-8,10,17,21-22,24-26,36,39H,9,11-16H2,1-2H3/t17-,21-,22-,24-,25?,26-,29-,30-,31-,32-/m0/s1. The first-order chi connectivity index (χ1) is 20.8. The Bertz CT molecular complexity index is 1470. The summed E-state index contributed by atoms with van der Waals surface area (Å²) in [7, 11) is 0. The van der Waals surface area contributed by atoms with Crippen molar-refractivity contribution in [3.8, 4) is 0 Å². The Morgan fingerprint density at radius 2 is 1.98 bits per heavy atom. The molecule has 3 saturated carbocycles. The average Bonchev–Trinajstić information content (AvgIpc) is 3.71. The Hall–Kier alpha value is -2.31. The molecular formula is C32H35ClF2N2O6S. The molecule has 1 aromatic carbocycles. The van der Waals surface area contributed by atoms with Gasteiger partial charge in [0.15, 0.2) is 23.7 Å². The number of nitrogens with one attached hydrogen (secondary N) is 1. The lowest BCUT2D eigenvalue weighted by molar-refractivity contribution is -0.228. The Morgan fingerprint density at radius 3 is 2.68 bits per heavy atom. The number of hydroxylamine groups is 1. The van der Waals surface area contributed by atoms with Crippen molar-refractivity contribution in [3.05, 3.63) is 53.1 Å². The second kappa shape index (κ2) is 10.4. The van der Waals surface area contributed by atoms with E-state index in [1.165, 1.54) is 12.2 Å². The van der Waals surface area contributed by atoms with Crippen molar-refractivity contribution in [3.63, 3.8) is 0 Å². The number of aliphatic hydroxyl groups excluding tert-OH is 1. The first kappa shape index (κ1) is 30.3. The van der Waals surface area contributed by atoms with E-state index >= 15 is 8.78 Å². The van der Waals surface area contributed by atoms with Crippen molar-refractivity contribution in [1.82, 2.24) is 5.32 Å². The lowest BCUT2D eigenvalue weighted by Gasteiger charge is -2.63. The number of hydrogen-bond donors (Lipinski definition) is 2. The molecule has 12 heteroatoms. The Kier molecular flexibility index (Phi) is 7.14. The van der Waals surface area contributed by atoms with Gasteiger partial charge in [-0.05, 0) is 74.1 Å². The first-order valence-electron chi connectivity index (χ1n) is 15.0. The maximum atomic E-state index is 17.7. The van der Waals surface area contributed by atoms with Crippen LogP contribution < -0.4 is 10.4 Å². The molecule has 236 valence electrons. The zero-order valence-electron chi connectivity index (χ0n) is 24.4. The summed E-state index contributed by atoms with van der Waals surface area (Å²) >= 11 is 7.67. The summed E-state index contributed by atoms with van der Waals surface area (Å²) in [5, 5.41) is 17.0. The van der Waals surface area contributed by atoms with E-state index in [0.717, 1.165) is 6.08 Å². The number of rotatable bonds is 5. The molecule has 8 nitrogen and oxygen atoms in total. The van der Waals surface area contributed by atoms with Crippen molar-refractivity contribution in [2.75, 3.05) is 29.8 Å². The molecule has 0 aromatic heterocycles. The Labute approximate surface area is 263 Å². The van der Waals surface area contributed by atoms with Crippen molar-refractivity contribution in [2.24, 2.45) is 28.6 Å². The number of thioether (sulfide) groups is 1. The number of ether oxygens (including phenoxy) is 1. The van der Waals surface area contributed by atoms with Gasteiger partial charge in [-0.1, -0.05) is 24.6 Å². The molecule has 0 radical (unpaired) electrons. The minimum atomic E-state index is -2.28. The molecule has 6 aliphatic rings. The number of benzene rings is 1. The molecule has 7 rings (SSSR count). The molecule has 4 aliphatic carbocycles. The van der Waals surface area contributed by atoms with Crippen LogP contribution in [0.2, 0.25) is 5.02 Å². The minimum absolute atomic E-state index is 0.0474. The van der Waals surface area contributed by atoms with E-state index in [-0.39, 0.29) is 25.0 Å². The minimum Gasteiger partial charge on any atom is -0.456 e. The van der Waals surface area contributed by atoms with Crippen molar-refractivity contribution >= 4 is 46.6 Å². The fourth-order valence-electron chi connectivity index (χ4n) is 9.40. The zero-order chi connectivity index (χ0) is 31.2. The Morgan fingerprint density at radius 1 is 1.23 bits per heavy atom. The average molecular weight is 649 g/mol. The van der Waals surface area contributed by atoms with Gasteiger partial charge < -0.3 is 9.84 Å². The molecule has 5 fully saturated rings. The summed E-state index contributed by atoms with van der Waals surface area (Å²) in [4.78, 5) is 46.0. The van der Waals surface area contributed by atoms with Gasteiger partial charge in [0.1, 0.15) is 12.2 Å². The van der Waals surface area contributed by atoms with Gasteiger partial charge in [0.25, 0.3) is 0 Å². The molecule has 2 saturated heterocycles. The van der Waals surface area contributed by atoms with Crippen LogP contribution in [0.15, 0.2) is 48.1 Å². The number of nitrogens with zero attached hydrogens (tertiary/aromatic N) is 1. The van der Waals surface area contributed by atoms with Gasteiger partial charge in [0.2, 0.25) is 5.78 Å². The molecule has 0 amide bonds. The third-order valence-electron chi connectivity index (χ3n) is 11.5. The number of hydrogen-bond acceptors (Lipinski definition) is 9. The van der Waals surface area contributed by atoms with E-state index in [4.69, 9.17) is 21.2 Å². The lowest BCUT2D eigenvalue weighted by atomic mass is 9.44. The molecule has 1 aromatic rings. The van der Waals surface area contributed by atoms with Crippen LogP contribution in [0.5, 0.6) is 0 Å². The fraction of sp³-hybridized carbons (Fsp3) is 0.594. The van der Waals surface area contributed by atoms with E-state index in [1.54, 1.807) is 48.0 Å². The Balaban J connectivity index is 1.27. The molecular weight excluding hydrogens is 614 g/mol. The van der Waals surface area contributed by atoms with Crippen molar-refractivity contribution < 1.29 is 37.8 Å². The number of carbonyl (C=O) groups excluding carboxylic acids is 3. The normalized spacial score (nSPS) is 44.0. The number of halogens is 3. The third-order valence-corrected chi connectivity index (χ3v) is 12.7. The molecule has 10 atom stereocenters. The number of Topliss-reactive ketones (excluding diaryl/α,β-unsaturated/α-hetero) is 1. The molecule has 44 heavy (non-hydrogen) atoms. The van der Waals surface area contributed by atoms with Crippen LogP contribution in [0.3, 0.4) is 0 Å². The fourth-order valence-corrected chi connectivity index (χ4v) is 10.5. The van der Waals surface area contributed by atoms with Gasteiger partial charge in [-0.3, -0.25) is 29.6 Å². The summed E-state index contributed by atoms with van der Waals surface area (Å²) in [5.74, 6) is -2.22. The highest BCUT2D eigenvalue weighted by molar-refractivity contribution is 7.99. The second-order valence-electron chi connectivity index (χ2n) is 13.5. The van der Waals surface area contributed by atoms with Crippen LogP contribution in [0.1, 0.15) is 33.1 Å². The monoisotopic (exact) mass is 648 g/mol. The summed E-state index contributed by atoms with van der Waals surface area (Å²) in [6.07, 6.45) is 0.602. The molecule has 1 unspecified atom stereocenters. The van der Waals surface area contributed by atoms with Gasteiger partial charge in [0.05, 0.1) is 18.3 Å². The van der Waals surface area contributed by atoms with Crippen molar-refractivity contribution in [1.29, 1.82) is 0 Å². The van der Waals surface area contributed by atoms with Crippen LogP contribution in [0.25, 0.3) is 0 Å². The first-order valence-corrected chi connectivity index (χ1v) is 16.6. The van der Waals surface area contributed by atoms with Crippen LogP contribution in [0, 0.1) is 28.6 Å². The highest BCUT2D eigenvalue weighted by Gasteiger charge is 2.79. The number of allylic oxidation sites excluding steroid dienone is 4. The van der Waals surface area contributed by atoms with Gasteiger partial charge >= 0.3 is 5.97 Å². The number of ketones is 2. The topological polar surface area (TPSA) is 105 Å². The van der Waals surface area contributed by atoms with E-state index in [2.05, 4.69) is 5.32 Å². The molecule has 0 spiro atoms. The second-order valence-corrected chi connectivity index (χ2v) is 14.9. The summed E-state index contributed by atoms with van der Waals surface area (Å²) < 4.78 is 39.1. The predicted molar refractivity (Wildman–Crippen MR) is 160 cm³/mol. The van der Waals surface area contributed by atoms with Gasteiger partial charge in [0, 0.05) is 39.3 Å². The van der Waals surface area contributed by atoms with Gasteiger partial charge in [-0.25, -0.2) is 8.78 Å². The quantitative estimate of drug-likeness (QED) is 0.456. The smallest absolute Gasteiger partial charge is 0.324 e. The lowest BCUT2D eigenvalue weighted by Crippen LogP contribution is -2.70. The van der Waals surface area contributed by atoms with Crippen LogP contribution in [0.4, 0.5) is 14.5 Å². The number of fused-ring (bicyclic) bond motifs is 7. The third kappa shape index (κ3) is 4.01. The number of esters is 1. The van der Waals surface area contributed by atoms with Gasteiger partial charge in [-0.15, -0.1) is 11.8 Å². The zero-order valence-corrected chi connectivity index (χ0v) is 26.0. The predicted octanol–water partition coefficient (Wildman–Crippen LogP) is 4.15. The molecule has 2 N–H and O–H groups in total. The van der Waals surface area contributed by atoms with E-state index in [9.17, 15) is 19.5 Å². The number of carbonyl (C=O) groups is 3. The summed E-state index contributed by atoms with van der Waals surface area (Å²) in [6.45, 7) is 3.11. The van der Waals surface area contributed by atoms with Crippen molar-refractivity contribution in [2.45, 2.75) is 62.7 Å². The van der Waals surface area contributed by atoms with E-state index in [0.29, 0.717) is 28.8 Å². The largest absolute Gasteiger partial charge is 0.456 e. The summed E-state index contributed by atoms with van der Waals surface area (Å²) in [5.41, 5.74) is -5.80. The number of aliphatic hydroxyl groups is 1. The van der Waals surface area contributed by atoms with E-state index < -0.39 is 82.3 Å². The van der Waals surface area contributed by atoms with Crippen LogP contribution >= 0.6 is 23.4 Å².